The first kappa shape index (κ1) is 6.95. The molecule has 0 rings (SSSR count). The third-order valence-corrected chi connectivity index (χ3v) is 0.872. The lowest BCUT2D eigenvalue weighted by atomic mass is 10.9. The molecule has 0 fully saturated rings. The zero-order valence-electron chi connectivity index (χ0n) is 4.11. The van der Waals surface area contributed by atoms with Crippen molar-refractivity contribution in [3.05, 3.63) is 0 Å². The highest BCUT2D eigenvalue weighted by molar-refractivity contribution is 9.09. The van der Waals surface area contributed by atoms with Gasteiger partial charge in [0.25, 0.3) is 0 Å². The Labute approximate surface area is 51.0 Å². The summed E-state index contributed by atoms with van der Waals surface area (Å²) in [4.78, 5) is 10.1. The van der Waals surface area contributed by atoms with Gasteiger partial charge in [0.1, 0.15) is 5.33 Å². The summed E-state index contributed by atoms with van der Waals surface area (Å²) in [5, 5.41) is 0.292. The lowest BCUT2D eigenvalue weighted by molar-refractivity contribution is -0.139. The van der Waals surface area contributed by atoms with E-state index in [-0.39, 0.29) is 5.97 Å². The highest BCUT2D eigenvalue weighted by Gasteiger charge is 1.92. The zero-order chi connectivity index (χ0) is 5.70. The van der Waals surface area contributed by atoms with Crippen LogP contribution in [-0.2, 0) is 9.53 Å². The predicted molar refractivity (Wildman–Crippen MR) is 30.4 cm³/mol. The minimum Gasteiger partial charge on any atom is -0.465 e. The lowest BCUT2D eigenvalue weighted by Crippen LogP contribution is -2.03. The average Bonchev–Trinajstić information content (AvgIpc) is 1.68. The molecular formula is C4H7BrO2. The van der Waals surface area contributed by atoms with Gasteiger partial charge in [0.2, 0.25) is 0 Å². The molecule has 0 saturated heterocycles. The first-order valence-corrected chi connectivity index (χ1v) is 3.15. The number of halogens is 1. The number of rotatable bonds is 2. The van der Waals surface area contributed by atoms with Crippen molar-refractivity contribution in [1.82, 2.24) is 0 Å². The van der Waals surface area contributed by atoms with Gasteiger partial charge in [-0.05, 0) is 6.92 Å². The van der Waals surface area contributed by atoms with Crippen LogP contribution in [0.3, 0.4) is 0 Å². The molecular weight excluding hydrogens is 161 g/mol. The highest BCUT2D eigenvalue weighted by Crippen LogP contribution is 1.82. The maximum Gasteiger partial charge on any atom is 0.316 e. The van der Waals surface area contributed by atoms with Crippen LogP contribution in [0.5, 0.6) is 0 Å². The lowest BCUT2D eigenvalue weighted by Gasteiger charge is -1.92. The number of hydrogen-bond donors (Lipinski definition) is 0. The van der Waals surface area contributed by atoms with Crippen molar-refractivity contribution in [2.45, 2.75) is 6.92 Å². The fourth-order valence-electron chi connectivity index (χ4n) is 0.200. The zero-order valence-corrected chi connectivity index (χ0v) is 5.69. The maximum atomic E-state index is 10.1. The van der Waals surface area contributed by atoms with Crippen LogP contribution in [0, 0.1) is 0 Å². The third kappa shape index (κ3) is 3.79. The second kappa shape index (κ2) is 4.12. The summed E-state index contributed by atoms with van der Waals surface area (Å²) in [7, 11) is 0. The molecule has 0 amide bonds. The topological polar surface area (TPSA) is 26.3 Å². The molecule has 0 aromatic carbocycles. The van der Waals surface area contributed by atoms with E-state index in [1.165, 1.54) is 0 Å². The molecule has 0 aromatic rings. The van der Waals surface area contributed by atoms with Gasteiger partial charge in [-0.3, -0.25) is 4.79 Å². The van der Waals surface area contributed by atoms with Gasteiger partial charge in [0.05, 0.1) is 6.61 Å². The number of hydrogen-bond acceptors (Lipinski definition) is 2. The average molecular weight is 168 g/mol. The predicted octanol–water partition coefficient (Wildman–Crippen LogP) is 0.944. The minimum absolute atomic E-state index is 0.206. The number of ether oxygens (including phenoxy) is 1. The van der Waals surface area contributed by atoms with Crippen LogP contribution >= 0.6 is 15.9 Å². The SMILES string of the molecule is CCOC(=O)[13CH2]Br. The second-order valence-electron chi connectivity index (χ2n) is 0.939. The van der Waals surface area contributed by atoms with Crippen molar-refractivity contribution in [2.75, 3.05) is 11.9 Å². The van der Waals surface area contributed by atoms with Gasteiger partial charge in [0, 0.05) is 0 Å². The Bertz CT molecular complexity index is 62.7. The molecule has 42 valence electrons. The molecule has 0 radical (unpaired) electrons. The first-order valence-electron chi connectivity index (χ1n) is 2.02. The smallest absolute Gasteiger partial charge is 0.316 e. The molecule has 0 aliphatic carbocycles. The summed E-state index contributed by atoms with van der Waals surface area (Å²) >= 11 is 2.94. The Morgan fingerprint density at radius 1 is 1.86 bits per heavy atom. The summed E-state index contributed by atoms with van der Waals surface area (Å²) in [5.41, 5.74) is 0. The standard InChI is InChI=1S/C4H7BrO2/c1-2-7-4(6)3-5/h2-3H2,1H3/i3+1. The van der Waals surface area contributed by atoms with Crippen LogP contribution in [0.25, 0.3) is 0 Å². The Morgan fingerprint density at radius 2 is 2.43 bits per heavy atom. The fourth-order valence-corrected chi connectivity index (χ4v) is 0.361. The molecule has 0 heterocycles. The molecule has 0 atom stereocenters. The quantitative estimate of drug-likeness (QED) is 0.348. The van der Waals surface area contributed by atoms with E-state index >= 15 is 0 Å². The largest absolute Gasteiger partial charge is 0.465 e. The monoisotopic (exact) mass is 167 g/mol. The van der Waals surface area contributed by atoms with Gasteiger partial charge in [-0.2, -0.15) is 0 Å². The summed E-state index contributed by atoms with van der Waals surface area (Å²) in [6.45, 7) is 2.24. The first-order chi connectivity index (χ1) is 3.31. The molecule has 0 aliphatic heterocycles. The Morgan fingerprint density at radius 3 is 2.57 bits per heavy atom. The fraction of sp³-hybridized carbons (Fsp3) is 0.750. The van der Waals surface area contributed by atoms with Crippen molar-refractivity contribution in [3.8, 4) is 0 Å². The van der Waals surface area contributed by atoms with E-state index in [0.29, 0.717) is 11.9 Å². The number of carbonyl (C=O) groups excluding carboxylic acids is 1. The van der Waals surface area contributed by atoms with E-state index in [4.69, 9.17) is 0 Å². The normalized spacial score (nSPS) is 8.29. The summed E-state index contributed by atoms with van der Waals surface area (Å²) in [6, 6.07) is 0. The van der Waals surface area contributed by atoms with Crippen LogP contribution in [0.15, 0.2) is 0 Å². The number of alkyl halides is 1. The maximum absolute atomic E-state index is 10.1. The van der Waals surface area contributed by atoms with E-state index in [1.807, 2.05) is 0 Å². The van der Waals surface area contributed by atoms with E-state index in [0.717, 1.165) is 0 Å². The van der Waals surface area contributed by atoms with Gasteiger partial charge < -0.3 is 4.74 Å². The third-order valence-electron chi connectivity index (χ3n) is 0.414. The van der Waals surface area contributed by atoms with Crippen LogP contribution in [0.2, 0.25) is 0 Å². The van der Waals surface area contributed by atoms with Crippen molar-refractivity contribution in [3.63, 3.8) is 0 Å². The van der Waals surface area contributed by atoms with Crippen LogP contribution in [0.1, 0.15) is 6.92 Å². The van der Waals surface area contributed by atoms with Crippen molar-refractivity contribution >= 4 is 21.9 Å². The van der Waals surface area contributed by atoms with Crippen LogP contribution < -0.4 is 0 Å². The molecule has 0 spiro atoms. The number of esters is 1. The van der Waals surface area contributed by atoms with Crippen molar-refractivity contribution in [2.24, 2.45) is 0 Å². The molecule has 0 aliphatic rings. The van der Waals surface area contributed by atoms with Crippen molar-refractivity contribution < 1.29 is 9.53 Å². The van der Waals surface area contributed by atoms with Gasteiger partial charge in [-0.15, -0.1) is 0 Å². The Hall–Kier alpha value is -0.0500. The molecule has 3 heteroatoms. The summed E-state index contributed by atoms with van der Waals surface area (Å²) < 4.78 is 4.51. The molecule has 0 unspecified atom stereocenters. The molecule has 2 nitrogen and oxygen atoms in total. The Balaban J connectivity index is 3.00. The molecule has 0 saturated carbocycles. The summed E-state index contributed by atoms with van der Waals surface area (Å²) in [6.07, 6.45) is 0. The van der Waals surface area contributed by atoms with Crippen LogP contribution in [0.4, 0.5) is 0 Å². The summed E-state index contributed by atoms with van der Waals surface area (Å²) in [5.74, 6) is -0.206. The van der Waals surface area contributed by atoms with Crippen LogP contribution in [-0.4, -0.2) is 17.9 Å². The molecule has 0 bridgehead atoms. The van der Waals surface area contributed by atoms with Crippen molar-refractivity contribution in [1.29, 1.82) is 0 Å². The van der Waals surface area contributed by atoms with Gasteiger partial charge in [-0.1, -0.05) is 15.9 Å². The highest BCUT2D eigenvalue weighted by atomic mass is 79.9. The van der Waals surface area contributed by atoms with E-state index in [2.05, 4.69) is 20.7 Å². The molecule has 7 heavy (non-hydrogen) atoms. The van der Waals surface area contributed by atoms with Gasteiger partial charge >= 0.3 is 5.97 Å². The van der Waals surface area contributed by atoms with Gasteiger partial charge in [-0.25, -0.2) is 0 Å². The Kier molecular flexibility index (Phi) is 4.09. The molecule has 0 N–H and O–H groups in total. The van der Waals surface area contributed by atoms with Gasteiger partial charge in [0.15, 0.2) is 0 Å². The number of carbonyl (C=O) groups is 1. The molecule has 0 aromatic heterocycles. The van der Waals surface area contributed by atoms with E-state index in [9.17, 15) is 4.79 Å². The minimum atomic E-state index is -0.206. The van der Waals surface area contributed by atoms with E-state index < -0.39 is 0 Å². The second-order valence-corrected chi connectivity index (χ2v) is 1.50. The van der Waals surface area contributed by atoms with E-state index in [1.54, 1.807) is 6.92 Å².